The molecule has 0 bridgehead atoms. The van der Waals surface area contributed by atoms with Gasteiger partial charge in [0.15, 0.2) is 0 Å². The van der Waals surface area contributed by atoms with Gasteiger partial charge in [-0.1, -0.05) is 52.3 Å². The summed E-state index contributed by atoms with van der Waals surface area (Å²) in [7, 11) is 0. The van der Waals surface area contributed by atoms with Gasteiger partial charge in [-0.25, -0.2) is 4.98 Å². The summed E-state index contributed by atoms with van der Waals surface area (Å²) >= 11 is 3.53. The molecule has 0 aliphatic carbocycles. The number of hydrogen-bond donors (Lipinski definition) is 1. The number of pyridine rings is 1. The first-order chi connectivity index (χ1) is 10.3. The molecular weight excluding hydrogens is 328 g/mol. The highest BCUT2D eigenvalue weighted by atomic mass is 79.9. The van der Waals surface area contributed by atoms with Crippen LogP contribution in [-0.2, 0) is 13.2 Å². The lowest BCUT2D eigenvalue weighted by atomic mass is 10.1. The number of rotatable bonds is 4. The third-order valence-electron chi connectivity index (χ3n) is 3.38. The smallest absolute Gasteiger partial charge is 0.221 e. The normalized spacial score (nSPS) is 10.8. The van der Waals surface area contributed by atoms with Crippen LogP contribution in [0.5, 0.6) is 5.88 Å². The standard InChI is InChI=1S/C17H15BrN2O/c18-16-8-4-1-5-12(16)11-21-17-15-7-3-2-6-14(15)13(9-19)10-20-17/h1-8,10H,9,11,19H2. The summed E-state index contributed by atoms with van der Waals surface area (Å²) in [5.41, 5.74) is 7.88. The van der Waals surface area contributed by atoms with E-state index in [9.17, 15) is 0 Å². The van der Waals surface area contributed by atoms with Crippen molar-refractivity contribution >= 4 is 26.7 Å². The van der Waals surface area contributed by atoms with Crippen molar-refractivity contribution in [2.75, 3.05) is 0 Å². The molecule has 0 aliphatic heterocycles. The van der Waals surface area contributed by atoms with E-state index < -0.39 is 0 Å². The van der Waals surface area contributed by atoms with E-state index in [1.807, 2.05) is 48.5 Å². The summed E-state index contributed by atoms with van der Waals surface area (Å²) in [4.78, 5) is 4.40. The van der Waals surface area contributed by atoms with Crippen molar-refractivity contribution in [3.05, 3.63) is 70.3 Å². The van der Waals surface area contributed by atoms with Gasteiger partial charge >= 0.3 is 0 Å². The van der Waals surface area contributed by atoms with Gasteiger partial charge in [0.1, 0.15) is 6.61 Å². The molecule has 0 amide bonds. The molecule has 0 fully saturated rings. The highest BCUT2D eigenvalue weighted by Gasteiger charge is 2.08. The second-order valence-electron chi connectivity index (χ2n) is 4.72. The summed E-state index contributed by atoms with van der Waals surface area (Å²) < 4.78 is 6.94. The quantitative estimate of drug-likeness (QED) is 0.778. The van der Waals surface area contributed by atoms with Crippen molar-refractivity contribution in [2.45, 2.75) is 13.2 Å². The van der Waals surface area contributed by atoms with Gasteiger partial charge < -0.3 is 10.5 Å². The van der Waals surface area contributed by atoms with E-state index >= 15 is 0 Å². The Balaban J connectivity index is 1.93. The topological polar surface area (TPSA) is 48.1 Å². The van der Waals surface area contributed by atoms with Crippen LogP contribution in [0, 0.1) is 0 Å². The number of ether oxygens (including phenoxy) is 1. The van der Waals surface area contributed by atoms with Crippen molar-refractivity contribution < 1.29 is 4.74 Å². The molecule has 0 aliphatic rings. The number of aromatic nitrogens is 1. The zero-order valence-electron chi connectivity index (χ0n) is 11.4. The monoisotopic (exact) mass is 342 g/mol. The predicted octanol–water partition coefficient (Wildman–Crippen LogP) is 4.04. The molecule has 4 heteroatoms. The Morgan fingerprint density at radius 3 is 2.43 bits per heavy atom. The van der Waals surface area contributed by atoms with E-state index in [0.717, 1.165) is 26.4 Å². The Morgan fingerprint density at radius 2 is 1.67 bits per heavy atom. The van der Waals surface area contributed by atoms with Crippen LogP contribution in [0.15, 0.2) is 59.2 Å². The van der Waals surface area contributed by atoms with Crippen LogP contribution in [0.25, 0.3) is 10.8 Å². The van der Waals surface area contributed by atoms with Gasteiger partial charge in [-0.15, -0.1) is 0 Å². The second-order valence-corrected chi connectivity index (χ2v) is 5.57. The minimum Gasteiger partial charge on any atom is -0.472 e. The van der Waals surface area contributed by atoms with Gasteiger partial charge in [0, 0.05) is 28.2 Å². The molecule has 21 heavy (non-hydrogen) atoms. The van der Waals surface area contributed by atoms with Crippen molar-refractivity contribution in [1.29, 1.82) is 0 Å². The van der Waals surface area contributed by atoms with E-state index in [-0.39, 0.29) is 0 Å². The van der Waals surface area contributed by atoms with E-state index in [2.05, 4.69) is 20.9 Å². The third-order valence-corrected chi connectivity index (χ3v) is 4.16. The van der Waals surface area contributed by atoms with Gasteiger partial charge in [0.05, 0.1) is 0 Å². The van der Waals surface area contributed by atoms with Crippen LogP contribution >= 0.6 is 15.9 Å². The molecule has 0 atom stereocenters. The van der Waals surface area contributed by atoms with E-state index in [4.69, 9.17) is 10.5 Å². The molecule has 3 nitrogen and oxygen atoms in total. The molecule has 0 saturated heterocycles. The Bertz CT molecular complexity index is 774. The first-order valence-electron chi connectivity index (χ1n) is 6.72. The SMILES string of the molecule is NCc1cnc(OCc2ccccc2Br)c2ccccc12. The number of nitrogens with two attached hydrogens (primary N) is 1. The van der Waals surface area contributed by atoms with Crippen LogP contribution in [0.2, 0.25) is 0 Å². The van der Waals surface area contributed by atoms with Gasteiger partial charge in [-0.3, -0.25) is 0 Å². The summed E-state index contributed by atoms with van der Waals surface area (Å²) in [6.07, 6.45) is 1.79. The summed E-state index contributed by atoms with van der Waals surface area (Å²) in [6, 6.07) is 16.0. The number of nitrogens with zero attached hydrogens (tertiary/aromatic N) is 1. The maximum atomic E-state index is 5.90. The molecule has 1 aromatic heterocycles. The third kappa shape index (κ3) is 2.91. The fourth-order valence-electron chi connectivity index (χ4n) is 2.26. The lowest BCUT2D eigenvalue weighted by molar-refractivity contribution is 0.297. The maximum Gasteiger partial charge on any atom is 0.221 e. The van der Waals surface area contributed by atoms with Crippen molar-refractivity contribution in [3.63, 3.8) is 0 Å². The minimum atomic E-state index is 0.470. The van der Waals surface area contributed by atoms with Crippen LogP contribution < -0.4 is 10.5 Å². The zero-order chi connectivity index (χ0) is 14.7. The number of fused-ring (bicyclic) bond motifs is 1. The van der Waals surface area contributed by atoms with Gasteiger partial charge in [0.25, 0.3) is 0 Å². The Kier molecular flexibility index (Phi) is 4.18. The average Bonchev–Trinajstić information content (AvgIpc) is 2.54. The molecule has 3 rings (SSSR count). The van der Waals surface area contributed by atoms with Gasteiger partial charge in [-0.05, 0) is 23.1 Å². The number of benzene rings is 2. The summed E-state index contributed by atoms with van der Waals surface area (Å²) in [6.45, 7) is 0.943. The molecular formula is C17H15BrN2O. The van der Waals surface area contributed by atoms with Crippen LogP contribution in [0.3, 0.4) is 0 Å². The van der Waals surface area contributed by atoms with Crippen molar-refractivity contribution in [1.82, 2.24) is 4.98 Å². The molecule has 106 valence electrons. The van der Waals surface area contributed by atoms with Crippen LogP contribution in [0.1, 0.15) is 11.1 Å². The van der Waals surface area contributed by atoms with Gasteiger partial charge in [-0.2, -0.15) is 0 Å². The molecule has 0 unspecified atom stereocenters. The van der Waals surface area contributed by atoms with Crippen molar-refractivity contribution in [3.8, 4) is 5.88 Å². The molecule has 0 saturated carbocycles. The number of halogens is 1. The zero-order valence-corrected chi connectivity index (χ0v) is 13.0. The lowest BCUT2D eigenvalue weighted by Crippen LogP contribution is -2.02. The first kappa shape index (κ1) is 14.0. The predicted molar refractivity (Wildman–Crippen MR) is 88.1 cm³/mol. The molecule has 1 heterocycles. The summed E-state index contributed by atoms with van der Waals surface area (Å²) in [5.74, 6) is 0.638. The minimum absolute atomic E-state index is 0.470. The largest absolute Gasteiger partial charge is 0.472 e. The van der Waals surface area contributed by atoms with E-state index in [0.29, 0.717) is 19.0 Å². The Morgan fingerprint density at radius 1 is 0.952 bits per heavy atom. The molecule has 0 radical (unpaired) electrons. The van der Waals surface area contributed by atoms with Gasteiger partial charge in [0.2, 0.25) is 5.88 Å². The fourth-order valence-corrected chi connectivity index (χ4v) is 2.66. The fraction of sp³-hybridized carbons (Fsp3) is 0.118. The highest BCUT2D eigenvalue weighted by Crippen LogP contribution is 2.27. The van der Waals surface area contributed by atoms with E-state index in [1.165, 1.54) is 0 Å². The average molecular weight is 343 g/mol. The first-order valence-corrected chi connectivity index (χ1v) is 7.52. The van der Waals surface area contributed by atoms with E-state index in [1.54, 1.807) is 6.20 Å². The molecule has 2 N–H and O–H groups in total. The highest BCUT2D eigenvalue weighted by molar-refractivity contribution is 9.10. The lowest BCUT2D eigenvalue weighted by Gasteiger charge is -2.11. The Hall–Kier alpha value is -1.91. The van der Waals surface area contributed by atoms with Crippen molar-refractivity contribution in [2.24, 2.45) is 5.73 Å². The van der Waals surface area contributed by atoms with Crippen LogP contribution in [-0.4, -0.2) is 4.98 Å². The second kappa shape index (κ2) is 6.24. The molecule has 3 aromatic rings. The Labute approximate surface area is 131 Å². The van der Waals surface area contributed by atoms with Crippen LogP contribution in [0.4, 0.5) is 0 Å². The summed E-state index contributed by atoms with van der Waals surface area (Å²) in [5, 5.41) is 2.09. The molecule has 2 aromatic carbocycles. The number of hydrogen-bond acceptors (Lipinski definition) is 3. The maximum absolute atomic E-state index is 5.90. The molecule has 0 spiro atoms.